The van der Waals surface area contributed by atoms with E-state index in [1.807, 2.05) is 0 Å². The molecule has 0 aromatic heterocycles. The van der Waals surface area contributed by atoms with Gasteiger partial charge in [-0.3, -0.25) is 0 Å². The van der Waals surface area contributed by atoms with Crippen molar-refractivity contribution in [3.05, 3.63) is 11.6 Å². The van der Waals surface area contributed by atoms with Crippen molar-refractivity contribution in [2.24, 2.45) is 0 Å². The fourth-order valence-electron chi connectivity index (χ4n) is 0.661. The summed E-state index contributed by atoms with van der Waals surface area (Å²) < 4.78 is 21.2. The maximum atomic E-state index is 9.32. The van der Waals surface area contributed by atoms with E-state index in [9.17, 15) is 28.7 Å². The third kappa shape index (κ3) is 19.6. The maximum Gasteiger partial charge on any atom is 0.0655 e. The molecule has 16 heavy (non-hydrogen) atoms. The Morgan fingerprint density at radius 1 is 1.19 bits per heavy atom. The number of hydrogen-bond donors (Lipinski definition) is 0. The second-order valence-corrected chi connectivity index (χ2v) is 5.30. The van der Waals surface area contributed by atoms with Gasteiger partial charge in [0.15, 0.2) is 0 Å². The Morgan fingerprint density at radius 2 is 1.56 bits per heavy atom. The molecule has 0 atom stereocenters. The quantitative estimate of drug-likeness (QED) is 0.492. The SMILES string of the molecule is C/C=C(\C)CCC.O=P([O-])([O-])OP(=O)([O-])[O-]. The van der Waals surface area contributed by atoms with Crippen LogP contribution in [0.3, 0.4) is 0 Å². The molecule has 0 aliphatic carbocycles. The highest BCUT2D eigenvalue weighted by Gasteiger charge is 1.92. The standard InChI is InChI=1S/C7H14.H4O7P2/c1-4-6-7(3)5-2;1-8(2,3)7-9(4,5)6/h5H,4,6H2,1-3H3;(H2,1,2,3)(H2,4,5,6)/p-4/b7-5+;. The molecule has 0 aliphatic rings. The molecule has 0 aliphatic heterocycles. The zero-order valence-corrected chi connectivity index (χ0v) is 11.0. The van der Waals surface area contributed by atoms with Gasteiger partial charge in [0.25, 0.3) is 0 Å². The van der Waals surface area contributed by atoms with E-state index in [1.165, 1.54) is 18.4 Å². The predicted molar refractivity (Wildman–Crippen MR) is 50.6 cm³/mol. The van der Waals surface area contributed by atoms with Crippen molar-refractivity contribution in [1.82, 2.24) is 0 Å². The maximum absolute atomic E-state index is 9.32. The van der Waals surface area contributed by atoms with Crippen molar-refractivity contribution < 1.29 is 33.0 Å². The topological polar surface area (TPSA) is 136 Å². The van der Waals surface area contributed by atoms with Crippen molar-refractivity contribution in [3.63, 3.8) is 0 Å². The summed E-state index contributed by atoms with van der Waals surface area (Å²) in [6.45, 7) is 6.46. The van der Waals surface area contributed by atoms with Crippen LogP contribution in [0.1, 0.15) is 33.6 Å². The molecule has 0 heterocycles. The van der Waals surface area contributed by atoms with Gasteiger partial charge in [-0.05, 0) is 20.3 Å². The van der Waals surface area contributed by atoms with Crippen molar-refractivity contribution in [3.8, 4) is 0 Å². The Balaban J connectivity index is 0. The summed E-state index contributed by atoms with van der Waals surface area (Å²) in [5.74, 6) is 0. The van der Waals surface area contributed by atoms with Crippen LogP contribution in [0.5, 0.6) is 0 Å². The fourth-order valence-corrected chi connectivity index (χ4v) is 1.64. The van der Waals surface area contributed by atoms with Gasteiger partial charge in [0.2, 0.25) is 0 Å². The Kier molecular flexibility index (Phi) is 9.35. The van der Waals surface area contributed by atoms with Crippen LogP contribution in [0.25, 0.3) is 0 Å². The Morgan fingerprint density at radius 3 is 1.62 bits per heavy atom. The molecule has 0 rings (SSSR count). The minimum Gasteiger partial charge on any atom is -0.790 e. The van der Waals surface area contributed by atoms with Crippen LogP contribution in [-0.2, 0) is 13.4 Å². The largest absolute Gasteiger partial charge is 0.790 e. The molecule has 0 bridgehead atoms. The van der Waals surface area contributed by atoms with Crippen molar-refractivity contribution >= 4 is 15.6 Å². The molecule has 0 saturated carbocycles. The summed E-state index contributed by atoms with van der Waals surface area (Å²) >= 11 is 0. The highest BCUT2D eigenvalue weighted by molar-refractivity contribution is 7.57. The van der Waals surface area contributed by atoms with Gasteiger partial charge < -0.3 is 33.0 Å². The molecule has 0 aromatic carbocycles. The fraction of sp³-hybridized carbons (Fsp3) is 0.714. The molecule has 0 unspecified atom stereocenters. The summed E-state index contributed by atoms with van der Waals surface area (Å²) in [5.41, 5.74) is 1.50. The van der Waals surface area contributed by atoms with E-state index in [1.54, 1.807) is 0 Å². The van der Waals surface area contributed by atoms with E-state index >= 15 is 0 Å². The highest BCUT2D eigenvalue weighted by Crippen LogP contribution is 2.42. The van der Waals surface area contributed by atoms with Gasteiger partial charge in [-0.25, -0.2) is 0 Å². The average Bonchev–Trinajstić information content (AvgIpc) is 1.98. The third-order valence-corrected chi connectivity index (χ3v) is 2.94. The van der Waals surface area contributed by atoms with E-state index in [-0.39, 0.29) is 0 Å². The number of rotatable bonds is 4. The molecule has 0 radical (unpaired) electrons. The lowest BCUT2D eigenvalue weighted by atomic mass is 10.2. The normalized spacial score (nSPS) is 13.1. The first-order valence-corrected chi connectivity index (χ1v) is 7.31. The van der Waals surface area contributed by atoms with Crippen LogP contribution in [0.15, 0.2) is 11.6 Å². The second kappa shape index (κ2) is 8.14. The summed E-state index contributed by atoms with van der Waals surface area (Å²) in [6, 6.07) is 0. The summed E-state index contributed by atoms with van der Waals surface area (Å²) in [7, 11) is -11.4. The Bertz CT molecular complexity index is 280. The van der Waals surface area contributed by atoms with Crippen LogP contribution in [0, 0.1) is 0 Å². The zero-order valence-electron chi connectivity index (χ0n) is 9.24. The second-order valence-electron chi connectivity index (χ2n) is 2.86. The molecule has 0 aromatic rings. The molecule has 98 valence electrons. The first-order valence-electron chi connectivity index (χ1n) is 4.39. The minimum absolute atomic E-state index is 1.26. The number of phosphoric acid groups is 2. The van der Waals surface area contributed by atoms with Crippen LogP contribution in [0.2, 0.25) is 0 Å². The summed E-state index contributed by atoms with van der Waals surface area (Å²) in [5, 5.41) is 0. The van der Waals surface area contributed by atoms with Gasteiger partial charge in [-0.1, -0.05) is 25.0 Å². The van der Waals surface area contributed by atoms with Gasteiger partial charge >= 0.3 is 0 Å². The lowest BCUT2D eigenvalue weighted by molar-refractivity contribution is -0.364. The van der Waals surface area contributed by atoms with Crippen molar-refractivity contribution in [2.45, 2.75) is 33.6 Å². The predicted octanol–water partition coefficient (Wildman–Crippen LogP) is -0.587. The molecule has 0 saturated heterocycles. The van der Waals surface area contributed by atoms with E-state index in [2.05, 4.69) is 31.2 Å². The highest BCUT2D eigenvalue weighted by atomic mass is 31.3. The Hall–Kier alpha value is -0.0000000000000000971. The number of allylic oxidation sites excluding steroid dienone is 2. The van der Waals surface area contributed by atoms with Crippen LogP contribution >= 0.6 is 15.6 Å². The third-order valence-electron chi connectivity index (χ3n) is 1.34. The van der Waals surface area contributed by atoms with E-state index in [4.69, 9.17) is 0 Å². The molecule has 0 spiro atoms. The van der Waals surface area contributed by atoms with Gasteiger partial charge in [0, 0.05) is 0 Å². The van der Waals surface area contributed by atoms with Crippen LogP contribution in [0.4, 0.5) is 0 Å². The van der Waals surface area contributed by atoms with Gasteiger partial charge in [-0.15, -0.1) is 0 Å². The molecule has 9 heteroatoms. The Labute approximate surface area is 94.6 Å². The summed E-state index contributed by atoms with van der Waals surface area (Å²) in [4.78, 5) is 37.3. The summed E-state index contributed by atoms with van der Waals surface area (Å²) in [6.07, 6.45) is 4.70. The molecule has 7 nitrogen and oxygen atoms in total. The first kappa shape index (κ1) is 18.4. The molecule has 0 amide bonds. The average molecular weight is 272 g/mol. The van der Waals surface area contributed by atoms with Gasteiger partial charge in [0.1, 0.15) is 0 Å². The van der Waals surface area contributed by atoms with Gasteiger partial charge in [-0.2, -0.15) is 0 Å². The number of hydrogen-bond acceptors (Lipinski definition) is 7. The van der Waals surface area contributed by atoms with E-state index in [0.29, 0.717) is 0 Å². The zero-order chi connectivity index (χ0) is 13.4. The smallest absolute Gasteiger partial charge is 0.0655 e. The van der Waals surface area contributed by atoms with Gasteiger partial charge in [0.05, 0.1) is 15.6 Å². The lowest BCUT2D eigenvalue weighted by Crippen LogP contribution is -2.23. The molecular formula is C7H14O7P2-4. The van der Waals surface area contributed by atoms with E-state index in [0.717, 1.165) is 0 Å². The van der Waals surface area contributed by atoms with E-state index < -0.39 is 15.6 Å². The molecular weight excluding hydrogens is 258 g/mol. The van der Waals surface area contributed by atoms with Crippen molar-refractivity contribution in [1.29, 1.82) is 0 Å². The van der Waals surface area contributed by atoms with Crippen LogP contribution in [-0.4, -0.2) is 0 Å². The van der Waals surface area contributed by atoms with Crippen molar-refractivity contribution in [2.75, 3.05) is 0 Å². The molecule has 0 fully saturated rings. The lowest BCUT2D eigenvalue weighted by Gasteiger charge is -2.39. The monoisotopic (exact) mass is 272 g/mol. The first-order chi connectivity index (χ1) is 7.02. The van der Waals surface area contributed by atoms with Crippen LogP contribution < -0.4 is 19.6 Å². The minimum atomic E-state index is -5.68. The molecule has 0 N–H and O–H groups in total.